The van der Waals surface area contributed by atoms with Crippen molar-refractivity contribution in [3.63, 3.8) is 0 Å². The largest absolute Gasteiger partial charge is 0.489 e. The van der Waals surface area contributed by atoms with Gasteiger partial charge in [0.25, 0.3) is 0 Å². The van der Waals surface area contributed by atoms with Crippen LogP contribution in [0.3, 0.4) is 0 Å². The molecular formula is C54H57N9O9. The number of hydrogen-bond donors (Lipinski definition) is 8. The zero-order valence-corrected chi connectivity index (χ0v) is 39.5. The van der Waals surface area contributed by atoms with E-state index >= 15 is 0 Å². The lowest BCUT2D eigenvalue weighted by molar-refractivity contribution is -0.135. The van der Waals surface area contributed by atoms with Crippen molar-refractivity contribution in [3.05, 3.63) is 192 Å². The molecule has 5 atom stereocenters. The number of H-pyrrole nitrogens is 2. The van der Waals surface area contributed by atoms with Crippen LogP contribution >= 0.6 is 0 Å². The first-order valence-corrected chi connectivity index (χ1v) is 23.3. The van der Waals surface area contributed by atoms with Crippen molar-refractivity contribution in [2.24, 2.45) is 5.73 Å². The fraction of sp³-hybridized carbons (Fsp3) is 0.241. The number of aromatic nitrogens is 3. The Morgan fingerprint density at radius 3 is 1.72 bits per heavy atom. The Balaban J connectivity index is 1.15. The Morgan fingerprint density at radius 2 is 1.10 bits per heavy atom. The number of alkyl carbamates (subject to hydrolysis) is 1. The minimum absolute atomic E-state index is 0.0130. The molecule has 9 N–H and O–H groups in total. The van der Waals surface area contributed by atoms with Crippen LogP contribution in [0.2, 0.25) is 0 Å². The SMILES string of the molecule is C[C@H](NC(=O)[C@@H](Cc1c[nH]c2ccccc12)NC(=O)[C@H](COCc1ccccc1)NC(=O)[C@@H](Cc1ccc(OCc2ccccc2)cc1)NC(=O)[C@@H](Cc1cnc[nH]1)NC(=O)OCc1ccccc1)C(N)=O. The average molecular weight is 976 g/mol. The molecule has 7 aromatic rings. The Bertz CT molecular complexity index is 2860. The fourth-order valence-electron chi connectivity index (χ4n) is 7.62. The van der Waals surface area contributed by atoms with Crippen molar-refractivity contribution in [3.8, 4) is 5.75 Å². The monoisotopic (exact) mass is 975 g/mol. The van der Waals surface area contributed by atoms with E-state index in [1.807, 2.05) is 91.0 Å². The molecule has 7 rings (SSSR count). The summed E-state index contributed by atoms with van der Waals surface area (Å²) < 4.78 is 17.5. The van der Waals surface area contributed by atoms with E-state index in [0.717, 1.165) is 27.6 Å². The zero-order valence-electron chi connectivity index (χ0n) is 39.5. The predicted molar refractivity (Wildman–Crippen MR) is 267 cm³/mol. The maximum Gasteiger partial charge on any atom is 0.408 e. The minimum Gasteiger partial charge on any atom is -0.489 e. The third-order valence-electron chi connectivity index (χ3n) is 11.6. The summed E-state index contributed by atoms with van der Waals surface area (Å²) in [6, 6.07) is 35.9. The van der Waals surface area contributed by atoms with Crippen LogP contribution in [0.5, 0.6) is 5.75 Å². The number of rotatable bonds is 25. The van der Waals surface area contributed by atoms with E-state index in [9.17, 15) is 28.8 Å². The van der Waals surface area contributed by atoms with Gasteiger partial charge in [-0.2, -0.15) is 0 Å². The topological polar surface area (TPSA) is 261 Å². The van der Waals surface area contributed by atoms with E-state index < -0.39 is 65.8 Å². The van der Waals surface area contributed by atoms with Gasteiger partial charge in [0.15, 0.2) is 0 Å². The van der Waals surface area contributed by atoms with Crippen molar-refractivity contribution in [2.75, 3.05) is 6.61 Å². The third-order valence-corrected chi connectivity index (χ3v) is 11.6. The van der Waals surface area contributed by atoms with E-state index in [2.05, 4.69) is 41.5 Å². The van der Waals surface area contributed by atoms with Crippen molar-refractivity contribution in [1.82, 2.24) is 41.5 Å². The van der Waals surface area contributed by atoms with Gasteiger partial charge in [-0.1, -0.05) is 121 Å². The van der Waals surface area contributed by atoms with Crippen LogP contribution in [0.1, 0.15) is 40.4 Å². The highest BCUT2D eigenvalue weighted by atomic mass is 16.5. The molecule has 0 aliphatic carbocycles. The summed E-state index contributed by atoms with van der Waals surface area (Å²) in [5.74, 6) is -3.25. The van der Waals surface area contributed by atoms with Crippen LogP contribution in [0, 0.1) is 0 Å². The molecule has 0 aliphatic rings. The number of imidazole rings is 1. The molecule has 2 aromatic heterocycles. The number of fused-ring (bicyclic) bond motifs is 1. The summed E-state index contributed by atoms with van der Waals surface area (Å²) in [5, 5.41) is 14.4. The fourth-order valence-corrected chi connectivity index (χ4v) is 7.62. The smallest absolute Gasteiger partial charge is 0.408 e. The van der Waals surface area contributed by atoms with Crippen LogP contribution < -0.4 is 37.1 Å². The molecule has 5 aromatic carbocycles. The lowest BCUT2D eigenvalue weighted by Gasteiger charge is -2.27. The van der Waals surface area contributed by atoms with Gasteiger partial charge in [0.1, 0.15) is 49.2 Å². The number of carbonyl (C=O) groups excluding carboxylic acids is 6. The molecule has 0 aliphatic heterocycles. The first kappa shape index (κ1) is 51.1. The van der Waals surface area contributed by atoms with Gasteiger partial charge in [-0.05, 0) is 52.9 Å². The highest BCUT2D eigenvalue weighted by Crippen LogP contribution is 2.20. The molecule has 0 bridgehead atoms. The highest BCUT2D eigenvalue weighted by molar-refractivity contribution is 5.97. The minimum atomic E-state index is -1.44. The molecule has 18 nitrogen and oxygen atoms in total. The number of nitrogens with one attached hydrogen (secondary N) is 7. The van der Waals surface area contributed by atoms with Gasteiger partial charge in [-0.15, -0.1) is 0 Å². The summed E-state index contributed by atoms with van der Waals surface area (Å²) >= 11 is 0. The highest BCUT2D eigenvalue weighted by Gasteiger charge is 2.33. The Labute approximate surface area is 415 Å². The summed E-state index contributed by atoms with van der Waals surface area (Å²) in [7, 11) is 0. The maximum absolute atomic E-state index is 14.8. The van der Waals surface area contributed by atoms with Crippen LogP contribution in [-0.2, 0) is 72.5 Å². The lowest BCUT2D eigenvalue weighted by Crippen LogP contribution is -2.60. The quantitative estimate of drug-likeness (QED) is 0.0399. The Kier molecular flexibility index (Phi) is 18.3. The second-order valence-corrected chi connectivity index (χ2v) is 17.0. The summed E-state index contributed by atoms with van der Waals surface area (Å²) in [6.45, 7) is 1.39. The first-order chi connectivity index (χ1) is 35.0. The molecule has 72 heavy (non-hydrogen) atoms. The molecule has 6 amide bonds. The van der Waals surface area contributed by atoms with Gasteiger partial charge in [-0.3, -0.25) is 24.0 Å². The van der Waals surface area contributed by atoms with Crippen molar-refractivity contribution >= 4 is 46.5 Å². The van der Waals surface area contributed by atoms with Gasteiger partial charge < -0.3 is 56.5 Å². The molecule has 0 saturated carbocycles. The van der Waals surface area contributed by atoms with Gasteiger partial charge in [0.05, 0.1) is 19.5 Å². The predicted octanol–water partition coefficient (Wildman–Crippen LogP) is 4.45. The maximum atomic E-state index is 14.8. The molecule has 372 valence electrons. The van der Waals surface area contributed by atoms with Crippen LogP contribution in [0.25, 0.3) is 10.9 Å². The van der Waals surface area contributed by atoms with Gasteiger partial charge in [0.2, 0.25) is 29.5 Å². The Hall–Kier alpha value is -8.77. The molecule has 2 heterocycles. The third kappa shape index (κ3) is 15.4. The summed E-state index contributed by atoms with van der Waals surface area (Å²) in [5.41, 5.74) is 10.6. The first-order valence-electron chi connectivity index (χ1n) is 23.3. The number of ether oxygens (including phenoxy) is 3. The molecule has 0 spiro atoms. The number of benzene rings is 5. The number of nitrogens with zero attached hydrogens (tertiary/aromatic N) is 1. The summed E-state index contributed by atoms with van der Waals surface area (Å²) in [6.07, 6.45) is 3.63. The Morgan fingerprint density at radius 1 is 0.556 bits per heavy atom. The standard InChI is InChI=1S/C54H57N9O9/c1-35(49(55)64)59-50(65)46(26-40-28-57-44-20-12-11-19-43(40)44)61-53(68)48(33-70-30-37-13-5-2-6-14-37)62-51(66)45(25-36-21-23-42(24-22-36)71-31-38-15-7-3-8-16-38)60-52(67)47(27-41-29-56-34-58-41)63-54(69)72-32-39-17-9-4-10-18-39/h2-24,28-29,34-35,45-48,57H,25-27,30-33H2,1H3,(H2,55,64)(H,56,58)(H,59,65)(H,60,67)(H,61,68)(H,62,66)(H,63,69)/t35-,45+,46+,47+,48-/m0/s1. The van der Waals surface area contributed by atoms with Crippen molar-refractivity contribution < 1.29 is 43.0 Å². The number of amides is 6. The van der Waals surface area contributed by atoms with Crippen LogP contribution in [0.4, 0.5) is 4.79 Å². The second-order valence-electron chi connectivity index (χ2n) is 17.0. The normalized spacial score (nSPS) is 13.1. The molecule has 0 saturated heterocycles. The number of primary amides is 1. The lowest BCUT2D eigenvalue weighted by atomic mass is 10.0. The van der Waals surface area contributed by atoms with E-state index in [1.165, 1.54) is 19.4 Å². The number of carbonyl (C=O) groups is 6. The van der Waals surface area contributed by atoms with Crippen molar-refractivity contribution in [1.29, 1.82) is 0 Å². The number of para-hydroxylation sites is 1. The van der Waals surface area contributed by atoms with Gasteiger partial charge in [-0.25, -0.2) is 9.78 Å². The van der Waals surface area contributed by atoms with Crippen LogP contribution in [0.15, 0.2) is 158 Å². The number of nitrogens with two attached hydrogens (primary N) is 1. The molecule has 0 radical (unpaired) electrons. The average Bonchev–Trinajstić information content (AvgIpc) is 4.08. The van der Waals surface area contributed by atoms with Gasteiger partial charge in [0, 0.05) is 48.3 Å². The van der Waals surface area contributed by atoms with E-state index in [4.69, 9.17) is 19.9 Å². The van der Waals surface area contributed by atoms with E-state index in [0.29, 0.717) is 29.2 Å². The molecule has 0 fully saturated rings. The molecular weight excluding hydrogens is 919 g/mol. The zero-order chi connectivity index (χ0) is 50.7. The number of aromatic amines is 2. The molecule has 0 unspecified atom stereocenters. The van der Waals surface area contributed by atoms with Gasteiger partial charge >= 0.3 is 6.09 Å². The number of hydrogen-bond acceptors (Lipinski definition) is 10. The van der Waals surface area contributed by atoms with Crippen molar-refractivity contribution in [2.45, 2.75) is 76.2 Å². The summed E-state index contributed by atoms with van der Waals surface area (Å²) in [4.78, 5) is 93.1. The van der Waals surface area contributed by atoms with E-state index in [1.54, 1.807) is 54.7 Å². The second kappa shape index (κ2) is 25.7. The molecule has 18 heteroatoms. The van der Waals surface area contributed by atoms with Crippen LogP contribution in [-0.4, -0.2) is 87.4 Å². The van der Waals surface area contributed by atoms with E-state index in [-0.39, 0.29) is 39.1 Å².